The van der Waals surface area contributed by atoms with Gasteiger partial charge in [0.05, 0.1) is 17.7 Å². The third-order valence-corrected chi connectivity index (χ3v) is 6.59. The van der Waals surface area contributed by atoms with E-state index < -0.39 is 17.7 Å². The number of nitrogens with zero attached hydrogens (tertiary/aromatic N) is 1. The van der Waals surface area contributed by atoms with Crippen molar-refractivity contribution in [1.82, 2.24) is 4.90 Å². The lowest BCUT2D eigenvalue weighted by molar-refractivity contribution is -0.151. The summed E-state index contributed by atoms with van der Waals surface area (Å²) in [6.07, 6.45) is 1.48. The first-order valence-electron chi connectivity index (χ1n) is 9.55. The summed E-state index contributed by atoms with van der Waals surface area (Å²) < 4.78 is 43.5. The summed E-state index contributed by atoms with van der Waals surface area (Å²) in [5.41, 5.74) is 0.976. The Hall–Kier alpha value is -1.60. The third kappa shape index (κ3) is 3.22. The predicted octanol–water partition coefficient (Wildman–Crippen LogP) is 4.43. The number of alkyl halides is 2. The van der Waals surface area contributed by atoms with Crippen LogP contribution in [0.2, 0.25) is 5.02 Å². The highest BCUT2D eigenvalue weighted by Gasteiger charge is 2.51. The van der Waals surface area contributed by atoms with Gasteiger partial charge in [-0.2, -0.15) is 0 Å². The molecule has 0 spiro atoms. The van der Waals surface area contributed by atoms with Crippen LogP contribution in [0.25, 0.3) is 0 Å². The van der Waals surface area contributed by atoms with Crippen molar-refractivity contribution in [2.75, 3.05) is 20.2 Å². The largest absolute Gasteiger partial charge is 0.465 e. The molecule has 0 amide bonds. The molecule has 1 aliphatic carbocycles. The molecule has 1 saturated carbocycles. The van der Waals surface area contributed by atoms with Crippen LogP contribution < -0.4 is 9.47 Å². The normalized spacial score (nSPS) is 27.5. The van der Waals surface area contributed by atoms with E-state index in [9.17, 15) is 13.6 Å². The third-order valence-electron chi connectivity index (χ3n) is 6.31. The quantitative estimate of drug-likeness (QED) is 0.683. The van der Waals surface area contributed by atoms with E-state index >= 15 is 0 Å². The van der Waals surface area contributed by atoms with Gasteiger partial charge in [0.2, 0.25) is 0 Å². The number of fused-ring (bicyclic) bond motifs is 1. The summed E-state index contributed by atoms with van der Waals surface area (Å²) in [5, 5.41) is 0.305. The fourth-order valence-corrected chi connectivity index (χ4v) is 4.74. The number of piperidine rings is 1. The van der Waals surface area contributed by atoms with Crippen molar-refractivity contribution >= 4 is 17.6 Å². The standard InChI is InChI=1S/C20H24ClF2NO4/c1-11-14(18(25)26-3)8-15(21)17-16(11)27-19(2,28-17)12-4-6-24(7-5-12)13-9-20(22,23)10-13/h8,12-13H,4-7,9-10H2,1-3H3/t19-/m1/s1. The number of hydrogen-bond acceptors (Lipinski definition) is 5. The Balaban J connectivity index is 1.47. The number of ether oxygens (including phenoxy) is 3. The van der Waals surface area contributed by atoms with Gasteiger partial charge < -0.3 is 14.2 Å². The molecule has 2 fully saturated rings. The first kappa shape index (κ1) is 19.7. The predicted molar refractivity (Wildman–Crippen MR) is 99.5 cm³/mol. The summed E-state index contributed by atoms with van der Waals surface area (Å²) in [4.78, 5) is 14.1. The van der Waals surface area contributed by atoms with Gasteiger partial charge in [-0.05, 0) is 38.9 Å². The van der Waals surface area contributed by atoms with Gasteiger partial charge in [0.1, 0.15) is 0 Å². The zero-order chi connectivity index (χ0) is 20.3. The van der Waals surface area contributed by atoms with E-state index in [-0.39, 0.29) is 24.8 Å². The Kier molecular flexibility index (Phi) is 4.74. The molecule has 2 aliphatic heterocycles. The molecule has 1 saturated heterocycles. The summed E-state index contributed by atoms with van der Waals surface area (Å²) >= 11 is 6.34. The molecule has 0 unspecified atom stereocenters. The fourth-order valence-electron chi connectivity index (χ4n) is 4.51. The molecule has 2 heterocycles. The van der Waals surface area contributed by atoms with Gasteiger partial charge in [0.15, 0.2) is 11.5 Å². The first-order chi connectivity index (χ1) is 13.1. The van der Waals surface area contributed by atoms with Crippen molar-refractivity contribution in [2.24, 2.45) is 5.92 Å². The minimum absolute atomic E-state index is 0.0225. The maximum atomic E-state index is 13.2. The van der Waals surface area contributed by atoms with Crippen molar-refractivity contribution in [3.05, 3.63) is 22.2 Å². The minimum Gasteiger partial charge on any atom is -0.465 e. The zero-order valence-electron chi connectivity index (χ0n) is 16.2. The number of esters is 1. The number of likely N-dealkylation sites (tertiary alicyclic amines) is 1. The zero-order valence-corrected chi connectivity index (χ0v) is 16.9. The van der Waals surface area contributed by atoms with Crippen LogP contribution in [-0.2, 0) is 4.74 Å². The molecule has 154 valence electrons. The van der Waals surface area contributed by atoms with Gasteiger partial charge in [-0.15, -0.1) is 0 Å². The number of halogens is 3. The average Bonchev–Trinajstić information content (AvgIpc) is 3.02. The number of hydrogen-bond donors (Lipinski definition) is 0. The Labute approximate surface area is 167 Å². The van der Waals surface area contributed by atoms with Gasteiger partial charge in [-0.25, -0.2) is 13.6 Å². The molecule has 1 aromatic rings. The highest BCUT2D eigenvalue weighted by atomic mass is 35.5. The lowest BCUT2D eigenvalue weighted by Crippen LogP contribution is -2.55. The van der Waals surface area contributed by atoms with Crippen LogP contribution in [0.4, 0.5) is 8.78 Å². The van der Waals surface area contributed by atoms with E-state index in [4.69, 9.17) is 25.8 Å². The molecule has 0 N–H and O–H groups in total. The lowest BCUT2D eigenvalue weighted by Gasteiger charge is -2.46. The number of benzene rings is 1. The minimum atomic E-state index is -2.50. The maximum Gasteiger partial charge on any atom is 0.338 e. The Morgan fingerprint density at radius 3 is 2.43 bits per heavy atom. The fraction of sp³-hybridized carbons (Fsp3) is 0.650. The number of rotatable bonds is 3. The van der Waals surface area contributed by atoms with Crippen molar-refractivity contribution in [1.29, 1.82) is 0 Å². The maximum absolute atomic E-state index is 13.2. The monoisotopic (exact) mass is 415 g/mol. The van der Waals surface area contributed by atoms with Crippen LogP contribution in [0.1, 0.15) is 48.5 Å². The summed E-state index contributed by atoms with van der Waals surface area (Å²) in [6.45, 7) is 5.13. The second-order valence-electron chi connectivity index (χ2n) is 8.13. The van der Waals surface area contributed by atoms with E-state index in [1.807, 2.05) is 6.92 Å². The van der Waals surface area contributed by atoms with Gasteiger partial charge in [0.25, 0.3) is 11.7 Å². The second-order valence-corrected chi connectivity index (χ2v) is 8.54. The summed E-state index contributed by atoms with van der Waals surface area (Å²) in [7, 11) is 1.32. The van der Waals surface area contributed by atoms with Crippen molar-refractivity contribution in [3.63, 3.8) is 0 Å². The van der Waals surface area contributed by atoms with Crippen LogP contribution in [0.5, 0.6) is 11.5 Å². The number of methoxy groups -OCH3 is 1. The van der Waals surface area contributed by atoms with Crippen LogP contribution in [0.15, 0.2) is 6.07 Å². The summed E-state index contributed by atoms with van der Waals surface area (Å²) in [5.74, 6) is -2.88. The second kappa shape index (κ2) is 6.73. The molecule has 1 atom stereocenters. The average molecular weight is 416 g/mol. The van der Waals surface area contributed by atoms with Crippen LogP contribution in [0, 0.1) is 12.8 Å². The van der Waals surface area contributed by atoms with Crippen molar-refractivity contribution in [3.8, 4) is 11.5 Å². The van der Waals surface area contributed by atoms with Gasteiger partial charge >= 0.3 is 5.97 Å². The first-order valence-corrected chi connectivity index (χ1v) is 9.92. The Morgan fingerprint density at radius 1 is 1.25 bits per heavy atom. The Morgan fingerprint density at radius 2 is 1.86 bits per heavy atom. The molecule has 0 radical (unpaired) electrons. The molecule has 0 bridgehead atoms. The van der Waals surface area contributed by atoms with E-state index in [1.165, 1.54) is 13.2 Å². The lowest BCUT2D eigenvalue weighted by atomic mass is 9.83. The van der Waals surface area contributed by atoms with Crippen molar-refractivity contribution in [2.45, 2.75) is 57.3 Å². The highest BCUT2D eigenvalue weighted by Crippen LogP contribution is 2.51. The molecular weight excluding hydrogens is 392 g/mol. The summed E-state index contributed by atoms with van der Waals surface area (Å²) in [6, 6.07) is 1.52. The number of carbonyl (C=O) groups excluding carboxylic acids is 1. The van der Waals surface area contributed by atoms with Gasteiger partial charge in [0, 0.05) is 37.3 Å². The molecule has 4 rings (SSSR count). The molecule has 0 aromatic heterocycles. The molecule has 1 aromatic carbocycles. The van der Waals surface area contributed by atoms with E-state index in [2.05, 4.69) is 4.90 Å². The van der Waals surface area contributed by atoms with Crippen LogP contribution >= 0.6 is 11.6 Å². The van der Waals surface area contributed by atoms with Crippen molar-refractivity contribution < 1.29 is 27.8 Å². The smallest absolute Gasteiger partial charge is 0.338 e. The topological polar surface area (TPSA) is 48.0 Å². The van der Waals surface area contributed by atoms with Crippen LogP contribution in [-0.4, -0.2) is 48.8 Å². The van der Waals surface area contributed by atoms with E-state index in [1.54, 1.807) is 6.92 Å². The molecule has 8 heteroatoms. The van der Waals surface area contributed by atoms with Gasteiger partial charge in [-0.1, -0.05) is 11.6 Å². The molecule has 3 aliphatic rings. The highest BCUT2D eigenvalue weighted by molar-refractivity contribution is 6.32. The van der Waals surface area contributed by atoms with E-state index in [0.29, 0.717) is 27.6 Å². The SMILES string of the molecule is COC(=O)c1cc(Cl)c2c(c1C)O[C@@](C)(C1CCN(C3CC(F)(F)C3)CC1)O2. The molecular formula is C20H24ClF2NO4. The number of carbonyl (C=O) groups is 1. The molecule has 28 heavy (non-hydrogen) atoms. The molecule has 5 nitrogen and oxygen atoms in total. The Bertz CT molecular complexity index is 802. The van der Waals surface area contributed by atoms with Gasteiger partial charge in [-0.3, -0.25) is 4.90 Å². The van der Waals surface area contributed by atoms with E-state index in [0.717, 1.165) is 25.9 Å². The van der Waals surface area contributed by atoms with Crippen LogP contribution in [0.3, 0.4) is 0 Å².